The van der Waals surface area contributed by atoms with Crippen molar-refractivity contribution in [3.63, 3.8) is 0 Å². The Balaban J connectivity index is 1.85. The van der Waals surface area contributed by atoms with Gasteiger partial charge in [-0.15, -0.1) is 0 Å². The normalized spacial score (nSPS) is 11.9. The van der Waals surface area contributed by atoms with E-state index in [-0.39, 0.29) is 17.9 Å². The van der Waals surface area contributed by atoms with E-state index in [0.29, 0.717) is 17.1 Å². The number of aliphatic hydroxyl groups excluding tert-OH is 1. The number of amides is 1. The van der Waals surface area contributed by atoms with Crippen molar-refractivity contribution >= 4 is 17.5 Å². The molecule has 1 atom stereocenters. The van der Waals surface area contributed by atoms with Crippen molar-refractivity contribution < 1.29 is 9.90 Å². The summed E-state index contributed by atoms with van der Waals surface area (Å²) in [5.41, 5.74) is 1.23. The number of halogens is 1. The van der Waals surface area contributed by atoms with Gasteiger partial charge in [-0.1, -0.05) is 29.8 Å². The first kappa shape index (κ1) is 15.3. The maximum absolute atomic E-state index is 11.8. The minimum atomic E-state index is -0.877. The molecule has 6 heteroatoms. The number of H-pyrrole nitrogens is 1. The second-order valence-electron chi connectivity index (χ2n) is 4.61. The molecular formula is C15H15ClN2O3. The molecule has 0 radical (unpaired) electrons. The molecule has 21 heavy (non-hydrogen) atoms. The van der Waals surface area contributed by atoms with Crippen LogP contribution >= 0.6 is 11.6 Å². The van der Waals surface area contributed by atoms with E-state index in [1.165, 1.54) is 12.3 Å². The van der Waals surface area contributed by atoms with E-state index in [4.69, 9.17) is 11.6 Å². The molecule has 0 bridgehead atoms. The third-order valence-corrected chi connectivity index (χ3v) is 3.22. The largest absolute Gasteiger partial charge is 0.388 e. The highest BCUT2D eigenvalue weighted by molar-refractivity contribution is 6.30. The summed E-state index contributed by atoms with van der Waals surface area (Å²) in [5, 5.41) is 13.2. The highest BCUT2D eigenvalue weighted by Gasteiger charge is 2.12. The van der Waals surface area contributed by atoms with E-state index in [1.807, 2.05) is 0 Å². The van der Waals surface area contributed by atoms with Crippen LogP contribution in [0.25, 0.3) is 0 Å². The average Bonchev–Trinajstić information content (AvgIpc) is 2.47. The predicted molar refractivity (Wildman–Crippen MR) is 79.9 cm³/mol. The number of carbonyl (C=O) groups excluding carboxylic acids is 1. The van der Waals surface area contributed by atoms with Gasteiger partial charge in [-0.3, -0.25) is 9.59 Å². The van der Waals surface area contributed by atoms with E-state index in [1.54, 1.807) is 30.3 Å². The Morgan fingerprint density at radius 1 is 1.24 bits per heavy atom. The molecule has 0 fully saturated rings. The molecule has 0 saturated carbocycles. The van der Waals surface area contributed by atoms with Crippen molar-refractivity contribution in [1.29, 1.82) is 0 Å². The summed E-state index contributed by atoms with van der Waals surface area (Å²) in [6, 6.07) is 9.72. The van der Waals surface area contributed by atoms with Gasteiger partial charge in [-0.05, 0) is 23.3 Å². The quantitative estimate of drug-likeness (QED) is 0.787. The van der Waals surface area contributed by atoms with Crippen LogP contribution in [0.1, 0.15) is 23.7 Å². The molecule has 1 amide bonds. The molecule has 1 aromatic heterocycles. The van der Waals surface area contributed by atoms with Gasteiger partial charge in [-0.2, -0.15) is 0 Å². The average molecular weight is 307 g/mol. The molecule has 1 heterocycles. The molecular weight excluding hydrogens is 292 g/mol. The molecule has 3 N–H and O–H groups in total. The van der Waals surface area contributed by atoms with Gasteiger partial charge in [0.2, 0.25) is 11.5 Å². The van der Waals surface area contributed by atoms with E-state index < -0.39 is 6.10 Å². The van der Waals surface area contributed by atoms with Crippen molar-refractivity contribution in [1.82, 2.24) is 10.3 Å². The molecule has 2 rings (SSSR count). The van der Waals surface area contributed by atoms with Gasteiger partial charge in [0.1, 0.15) is 0 Å². The number of pyridine rings is 1. The van der Waals surface area contributed by atoms with Crippen LogP contribution < -0.4 is 10.9 Å². The zero-order valence-electron chi connectivity index (χ0n) is 11.2. The highest BCUT2D eigenvalue weighted by atomic mass is 35.5. The molecule has 0 aliphatic heterocycles. The number of rotatable bonds is 5. The molecule has 0 spiro atoms. The molecule has 1 aromatic carbocycles. The van der Waals surface area contributed by atoms with Crippen molar-refractivity contribution in [2.45, 2.75) is 19.1 Å². The smallest absolute Gasteiger partial charge is 0.247 e. The van der Waals surface area contributed by atoms with Crippen molar-refractivity contribution in [3.05, 3.63) is 69.1 Å². The monoisotopic (exact) mass is 306 g/mol. The first-order valence-electron chi connectivity index (χ1n) is 6.42. The first-order chi connectivity index (χ1) is 10.0. The molecule has 110 valence electrons. The van der Waals surface area contributed by atoms with Gasteiger partial charge < -0.3 is 15.4 Å². The SMILES string of the molecule is O=C(CC(O)c1ccc(Cl)cc1)NCc1ccc(=O)[nH]c1. The summed E-state index contributed by atoms with van der Waals surface area (Å²) in [7, 11) is 0. The molecule has 1 unspecified atom stereocenters. The van der Waals surface area contributed by atoms with E-state index in [0.717, 1.165) is 5.56 Å². The zero-order chi connectivity index (χ0) is 15.2. The Hall–Kier alpha value is -2.11. The first-order valence-corrected chi connectivity index (χ1v) is 6.80. The number of aliphatic hydroxyl groups is 1. The molecule has 0 aliphatic carbocycles. The van der Waals surface area contributed by atoms with Crippen LogP contribution in [0.5, 0.6) is 0 Å². The lowest BCUT2D eigenvalue weighted by atomic mass is 10.1. The summed E-state index contributed by atoms with van der Waals surface area (Å²) >= 11 is 5.76. The topological polar surface area (TPSA) is 82.2 Å². The number of carbonyl (C=O) groups is 1. The van der Waals surface area contributed by atoms with Gasteiger partial charge in [0.05, 0.1) is 12.5 Å². The summed E-state index contributed by atoms with van der Waals surface area (Å²) in [6.07, 6.45) is 0.626. The lowest BCUT2D eigenvalue weighted by Crippen LogP contribution is -2.25. The standard InChI is InChI=1S/C15H15ClN2O3/c16-12-4-2-11(3-5-12)13(19)7-15(21)18-9-10-1-6-14(20)17-8-10/h1-6,8,13,19H,7,9H2,(H,17,20)(H,18,21). The van der Waals surface area contributed by atoms with Crippen LogP contribution in [0, 0.1) is 0 Å². The summed E-state index contributed by atoms with van der Waals surface area (Å²) in [4.78, 5) is 25.2. The number of benzene rings is 1. The lowest BCUT2D eigenvalue weighted by molar-refractivity contribution is -0.123. The number of aromatic amines is 1. The number of hydrogen-bond acceptors (Lipinski definition) is 3. The Labute approximate surface area is 126 Å². The highest BCUT2D eigenvalue weighted by Crippen LogP contribution is 2.18. The van der Waals surface area contributed by atoms with Gasteiger partial charge in [0.25, 0.3) is 0 Å². The zero-order valence-corrected chi connectivity index (χ0v) is 11.9. The summed E-state index contributed by atoms with van der Waals surface area (Å²) in [5.74, 6) is -0.274. The van der Waals surface area contributed by atoms with Gasteiger partial charge in [-0.25, -0.2) is 0 Å². The fraction of sp³-hybridized carbons (Fsp3) is 0.200. The summed E-state index contributed by atoms with van der Waals surface area (Å²) < 4.78 is 0. The second-order valence-corrected chi connectivity index (χ2v) is 5.05. The fourth-order valence-corrected chi connectivity index (χ4v) is 1.93. The van der Waals surface area contributed by atoms with Crippen molar-refractivity contribution in [2.75, 3.05) is 0 Å². The van der Waals surface area contributed by atoms with Gasteiger partial charge >= 0.3 is 0 Å². The van der Waals surface area contributed by atoms with E-state index in [9.17, 15) is 14.7 Å². The molecule has 2 aromatic rings. The summed E-state index contributed by atoms with van der Waals surface area (Å²) in [6.45, 7) is 0.295. The van der Waals surface area contributed by atoms with Crippen LogP contribution in [-0.4, -0.2) is 16.0 Å². The van der Waals surface area contributed by atoms with Crippen LogP contribution in [0.4, 0.5) is 0 Å². The van der Waals surface area contributed by atoms with Crippen molar-refractivity contribution in [2.24, 2.45) is 0 Å². The fourth-order valence-electron chi connectivity index (χ4n) is 1.80. The second kappa shape index (κ2) is 7.06. The number of nitrogens with one attached hydrogen (secondary N) is 2. The van der Waals surface area contributed by atoms with E-state index >= 15 is 0 Å². The van der Waals surface area contributed by atoms with Crippen molar-refractivity contribution in [3.8, 4) is 0 Å². The maximum Gasteiger partial charge on any atom is 0.247 e. The molecule has 0 saturated heterocycles. The third-order valence-electron chi connectivity index (χ3n) is 2.97. The third kappa shape index (κ3) is 4.73. The molecule has 5 nitrogen and oxygen atoms in total. The number of hydrogen-bond donors (Lipinski definition) is 3. The molecule has 0 aliphatic rings. The van der Waals surface area contributed by atoms with Crippen LogP contribution in [0.2, 0.25) is 5.02 Å². The predicted octanol–water partition coefficient (Wildman–Crippen LogP) is 1.77. The van der Waals surface area contributed by atoms with Crippen LogP contribution in [-0.2, 0) is 11.3 Å². The lowest BCUT2D eigenvalue weighted by Gasteiger charge is -2.11. The van der Waals surface area contributed by atoms with Gasteiger partial charge in [0.15, 0.2) is 0 Å². The van der Waals surface area contributed by atoms with Gasteiger partial charge in [0, 0.05) is 23.8 Å². The van der Waals surface area contributed by atoms with E-state index in [2.05, 4.69) is 10.3 Å². The Morgan fingerprint density at radius 3 is 2.57 bits per heavy atom. The van der Waals surface area contributed by atoms with Crippen LogP contribution in [0.3, 0.4) is 0 Å². The minimum Gasteiger partial charge on any atom is -0.388 e. The van der Waals surface area contributed by atoms with Crippen LogP contribution in [0.15, 0.2) is 47.4 Å². The Morgan fingerprint density at radius 2 is 1.95 bits per heavy atom. The number of aromatic nitrogens is 1. The Kier molecular flexibility index (Phi) is 5.14. The Bertz CT molecular complexity index is 647. The minimum absolute atomic E-state index is 0.0367. The maximum atomic E-state index is 11.8.